The summed E-state index contributed by atoms with van der Waals surface area (Å²) in [6, 6.07) is 11.4. The summed E-state index contributed by atoms with van der Waals surface area (Å²) in [6.07, 6.45) is 0. The van der Waals surface area contributed by atoms with Crippen molar-refractivity contribution in [3.05, 3.63) is 53.2 Å². The summed E-state index contributed by atoms with van der Waals surface area (Å²) in [7, 11) is 1.59. The molecule has 0 radical (unpaired) electrons. The summed E-state index contributed by atoms with van der Waals surface area (Å²) in [5.74, 6) is 7.56. The van der Waals surface area contributed by atoms with Gasteiger partial charge in [-0.15, -0.1) is 11.6 Å². The van der Waals surface area contributed by atoms with Gasteiger partial charge in [0.2, 0.25) is 5.88 Å². The monoisotopic (exact) mass is 301 g/mol. The Balaban J connectivity index is 2.04. The van der Waals surface area contributed by atoms with Gasteiger partial charge in [0.05, 0.1) is 18.7 Å². The van der Waals surface area contributed by atoms with Crippen LogP contribution in [0.2, 0.25) is 0 Å². The summed E-state index contributed by atoms with van der Waals surface area (Å²) >= 11 is 5.56. The van der Waals surface area contributed by atoms with E-state index >= 15 is 0 Å². The number of hydrogen-bond acceptors (Lipinski definition) is 3. The van der Waals surface area contributed by atoms with E-state index < -0.39 is 0 Å². The molecule has 0 atom stereocenters. The molecule has 3 nitrogen and oxygen atoms in total. The Labute approximate surface area is 129 Å². The number of aromatic nitrogens is 1. The minimum atomic E-state index is 0.333. The SMILES string of the molecule is COc1cccc(COc2ccc(C#CCCl)c(C)c2)n1. The molecular weight excluding hydrogens is 286 g/mol. The second-order valence-corrected chi connectivity index (χ2v) is 4.64. The van der Waals surface area contributed by atoms with Crippen molar-refractivity contribution in [1.82, 2.24) is 4.98 Å². The first-order valence-corrected chi connectivity index (χ1v) is 7.04. The first kappa shape index (κ1) is 15.2. The topological polar surface area (TPSA) is 31.4 Å². The maximum absolute atomic E-state index is 5.74. The van der Waals surface area contributed by atoms with Gasteiger partial charge in [0.15, 0.2) is 0 Å². The van der Waals surface area contributed by atoms with Gasteiger partial charge in [0.25, 0.3) is 0 Å². The van der Waals surface area contributed by atoms with Gasteiger partial charge in [-0.3, -0.25) is 0 Å². The second kappa shape index (κ2) is 7.56. The Morgan fingerprint density at radius 1 is 1.24 bits per heavy atom. The third-order valence-electron chi connectivity index (χ3n) is 2.86. The maximum Gasteiger partial charge on any atom is 0.213 e. The molecule has 0 amide bonds. The van der Waals surface area contributed by atoms with Gasteiger partial charge in [0.1, 0.15) is 12.4 Å². The molecule has 0 N–H and O–H groups in total. The van der Waals surface area contributed by atoms with E-state index in [1.54, 1.807) is 13.2 Å². The van der Waals surface area contributed by atoms with Crippen molar-refractivity contribution >= 4 is 11.6 Å². The van der Waals surface area contributed by atoms with E-state index in [0.717, 1.165) is 22.6 Å². The molecule has 1 heterocycles. The quantitative estimate of drug-likeness (QED) is 0.639. The highest BCUT2D eigenvalue weighted by Crippen LogP contribution is 2.18. The summed E-state index contributed by atoms with van der Waals surface area (Å²) in [5.41, 5.74) is 2.84. The molecule has 108 valence electrons. The number of aryl methyl sites for hydroxylation is 1. The van der Waals surface area contributed by atoms with Crippen LogP contribution in [0.1, 0.15) is 16.8 Å². The van der Waals surface area contributed by atoms with Gasteiger partial charge < -0.3 is 9.47 Å². The molecule has 0 unspecified atom stereocenters. The van der Waals surface area contributed by atoms with Crippen molar-refractivity contribution in [2.75, 3.05) is 13.0 Å². The molecule has 4 heteroatoms. The number of nitrogens with zero attached hydrogens (tertiary/aromatic N) is 1. The van der Waals surface area contributed by atoms with Crippen LogP contribution in [0.5, 0.6) is 11.6 Å². The molecule has 0 saturated carbocycles. The number of benzene rings is 1. The lowest BCUT2D eigenvalue weighted by atomic mass is 10.1. The molecular formula is C17H16ClNO2. The van der Waals surface area contributed by atoms with Crippen LogP contribution in [0, 0.1) is 18.8 Å². The van der Waals surface area contributed by atoms with Crippen LogP contribution in [-0.2, 0) is 6.61 Å². The number of hydrogen-bond donors (Lipinski definition) is 0. The normalized spacial score (nSPS) is 9.67. The Morgan fingerprint density at radius 3 is 2.81 bits per heavy atom. The van der Waals surface area contributed by atoms with Crippen molar-refractivity contribution in [3.8, 4) is 23.5 Å². The highest BCUT2D eigenvalue weighted by Gasteiger charge is 2.02. The Bertz CT molecular complexity index is 674. The second-order valence-electron chi connectivity index (χ2n) is 4.37. The molecule has 0 fully saturated rings. The van der Waals surface area contributed by atoms with Crippen molar-refractivity contribution < 1.29 is 9.47 Å². The number of ether oxygens (including phenoxy) is 2. The zero-order valence-electron chi connectivity index (χ0n) is 12.0. The minimum absolute atomic E-state index is 0.333. The van der Waals surface area contributed by atoms with Gasteiger partial charge in [-0.1, -0.05) is 17.9 Å². The van der Waals surface area contributed by atoms with Crippen LogP contribution in [0.25, 0.3) is 0 Å². The molecule has 2 rings (SSSR count). The Kier molecular flexibility index (Phi) is 5.48. The summed E-state index contributed by atoms with van der Waals surface area (Å²) < 4.78 is 10.8. The largest absolute Gasteiger partial charge is 0.487 e. The summed E-state index contributed by atoms with van der Waals surface area (Å²) in [5, 5.41) is 0. The molecule has 0 spiro atoms. The van der Waals surface area contributed by atoms with E-state index in [2.05, 4.69) is 16.8 Å². The number of rotatable bonds is 4. The predicted octanol–water partition coefficient (Wildman–Crippen LogP) is 3.57. The fourth-order valence-electron chi connectivity index (χ4n) is 1.80. The lowest BCUT2D eigenvalue weighted by Crippen LogP contribution is -2.00. The first-order valence-electron chi connectivity index (χ1n) is 6.51. The standard InChI is InChI=1S/C17H16ClNO2/c1-13-11-16(9-8-14(13)5-4-10-18)21-12-15-6-3-7-17(19-15)20-2/h3,6-9,11H,10,12H2,1-2H3. The highest BCUT2D eigenvalue weighted by atomic mass is 35.5. The average molecular weight is 302 g/mol. The van der Waals surface area contributed by atoms with Gasteiger partial charge >= 0.3 is 0 Å². The van der Waals surface area contributed by atoms with Crippen molar-refractivity contribution in [3.63, 3.8) is 0 Å². The smallest absolute Gasteiger partial charge is 0.213 e. The molecule has 1 aromatic heterocycles. The van der Waals surface area contributed by atoms with Crippen molar-refractivity contribution in [1.29, 1.82) is 0 Å². The average Bonchev–Trinajstić information content (AvgIpc) is 2.52. The molecule has 21 heavy (non-hydrogen) atoms. The van der Waals surface area contributed by atoms with E-state index in [9.17, 15) is 0 Å². The van der Waals surface area contributed by atoms with Crippen molar-refractivity contribution in [2.45, 2.75) is 13.5 Å². The summed E-state index contributed by atoms with van der Waals surface area (Å²) in [4.78, 5) is 4.30. The van der Waals surface area contributed by atoms with E-state index in [1.165, 1.54) is 0 Å². The van der Waals surface area contributed by atoms with E-state index in [4.69, 9.17) is 21.1 Å². The Morgan fingerprint density at radius 2 is 2.10 bits per heavy atom. The van der Waals surface area contributed by atoms with E-state index in [-0.39, 0.29) is 0 Å². The molecule has 0 aliphatic carbocycles. The molecule has 0 bridgehead atoms. The van der Waals surface area contributed by atoms with E-state index in [0.29, 0.717) is 18.4 Å². The predicted molar refractivity (Wildman–Crippen MR) is 83.9 cm³/mol. The number of pyridine rings is 1. The third-order valence-corrected chi connectivity index (χ3v) is 3.00. The highest BCUT2D eigenvalue weighted by molar-refractivity contribution is 6.19. The molecule has 0 saturated heterocycles. The third kappa shape index (κ3) is 4.40. The lowest BCUT2D eigenvalue weighted by Gasteiger charge is -2.08. The molecule has 2 aromatic rings. The van der Waals surface area contributed by atoms with Gasteiger partial charge in [-0.25, -0.2) is 4.98 Å². The molecule has 0 aliphatic heterocycles. The Hall–Kier alpha value is -2.18. The van der Waals surface area contributed by atoms with Gasteiger partial charge in [0, 0.05) is 11.6 Å². The van der Waals surface area contributed by atoms with Gasteiger partial charge in [-0.2, -0.15) is 0 Å². The zero-order valence-corrected chi connectivity index (χ0v) is 12.8. The van der Waals surface area contributed by atoms with Crippen LogP contribution in [0.3, 0.4) is 0 Å². The van der Waals surface area contributed by atoms with Crippen LogP contribution >= 0.6 is 11.6 Å². The van der Waals surface area contributed by atoms with Crippen LogP contribution < -0.4 is 9.47 Å². The van der Waals surface area contributed by atoms with Crippen LogP contribution in [0.15, 0.2) is 36.4 Å². The molecule has 1 aromatic carbocycles. The number of alkyl halides is 1. The molecule has 0 aliphatic rings. The first-order chi connectivity index (χ1) is 10.2. The zero-order chi connectivity index (χ0) is 15.1. The number of methoxy groups -OCH3 is 1. The lowest BCUT2D eigenvalue weighted by molar-refractivity contribution is 0.298. The minimum Gasteiger partial charge on any atom is -0.487 e. The fraction of sp³-hybridized carbons (Fsp3) is 0.235. The van der Waals surface area contributed by atoms with Crippen molar-refractivity contribution in [2.24, 2.45) is 0 Å². The van der Waals surface area contributed by atoms with Gasteiger partial charge in [-0.05, 0) is 36.8 Å². The van der Waals surface area contributed by atoms with Crippen LogP contribution in [0.4, 0.5) is 0 Å². The maximum atomic E-state index is 5.74. The van der Waals surface area contributed by atoms with E-state index in [1.807, 2.05) is 37.3 Å². The number of halogens is 1. The van der Waals surface area contributed by atoms with Crippen LogP contribution in [-0.4, -0.2) is 18.0 Å². The fourth-order valence-corrected chi connectivity index (χ4v) is 1.87. The summed E-state index contributed by atoms with van der Waals surface area (Å²) in [6.45, 7) is 2.39.